The lowest BCUT2D eigenvalue weighted by molar-refractivity contribution is 1.19. The fourth-order valence-electron chi connectivity index (χ4n) is 3.17. The molecule has 1 heterocycles. The molecule has 1 N–H and O–H groups in total. The lowest BCUT2D eigenvalue weighted by atomic mass is 10.0. The van der Waals surface area contributed by atoms with Crippen LogP contribution in [0.5, 0.6) is 0 Å². The smallest absolute Gasteiger partial charge is 0.0709 e. The maximum atomic E-state index is 4.82. The van der Waals surface area contributed by atoms with Crippen molar-refractivity contribution in [1.29, 1.82) is 0 Å². The topological polar surface area (TPSA) is 24.9 Å². The second kappa shape index (κ2) is 9.70. The molecular weight excluding hydrogens is 352 g/mol. The number of pyridine rings is 1. The van der Waals surface area contributed by atoms with Gasteiger partial charge in [-0.1, -0.05) is 74.2 Å². The van der Waals surface area contributed by atoms with Gasteiger partial charge in [0.1, 0.15) is 0 Å². The molecule has 0 aliphatic heterocycles. The van der Waals surface area contributed by atoms with Crippen LogP contribution in [0.2, 0.25) is 0 Å². The van der Waals surface area contributed by atoms with E-state index in [0.717, 1.165) is 45.5 Å². The zero-order valence-corrected chi connectivity index (χ0v) is 17.4. The van der Waals surface area contributed by atoms with Gasteiger partial charge in [-0.3, -0.25) is 0 Å². The van der Waals surface area contributed by atoms with E-state index in [4.69, 9.17) is 4.98 Å². The number of para-hydroxylation sites is 1. The molecule has 3 rings (SSSR count). The number of aryl methyl sites for hydroxylation is 1. The zero-order chi connectivity index (χ0) is 20.6. The van der Waals surface area contributed by atoms with Crippen molar-refractivity contribution in [3.8, 4) is 11.3 Å². The Hall–Kier alpha value is -3.39. The first kappa shape index (κ1) is 20.3. The number of allylic oxidation sites excluding steroid dienone is 5. The maximum Gasteiger partial charge on any atom is 0.0709 e. The summed E-state index contributed by atoms with van der Waals surface area (Å²) in [6.07, 6.45) is 11.2. The van der Waals surface area contributed by atoms with E-state index in [9.17, 15) is 0 Å². The molecule has 0 atom stereocenters. The lowest BCUT2D eigenvalue weighted by Crippen LogP contribution is -2.03. The molecule has 0 aliphatic carbocycles. The molecule has 0 spiro atoms. The van der Waals surface area contributed by atoms with Crippen LogP contribution in [0.1, 0.15) is 25.8 Å². The van der Waals surface area contributed by atoms with Crippen LogP contribution in [0.3, 0.4) is 0 Å². The van der Waals surface area contributed by atoms with Gasteiger partial charge in [0, 0.05) is 22.3 Å². The van der Waals surface area contributed by atoms with Gasteiger partial charge in [0.2, 0.25) is 0 Å². The van der Waals surface area contributed by atoms with Crippen molar-refractivity contribution in [3.63, 3.8) is 0 Å². The first-order chi connectivity index (χ1) is 14.1. The standard InChI is InChI=1S/C27H28N2/c1-5-7-8-12-20(3)24(11-6-2)28-25-17-16-23(19-21(25)4)27-18-15-22-13-9-10-14-26(22)29-27/h5,7-19,28H,3,6H2,1-2,4H3/b7-5-,12-8-,24-11-. The summed E-state index contributed by atoms with van der Waals surface area (Å²) in [5.74, 6) is 0. The van der Waals surface area contributed by atoms with Gasteiger partial charge in [0.15, 0.2) is 0 Å². The summed E-state index contributed by atoms with van der Waals surface area (Å²) in [6.45, 7) is 10.5. The second-order valence-corrected chi connectivity index (χ2v) is 6.98. The monoisotopic (exact) mass is 380 g/mol. The SMILES string of the molecule is C=C(/C=C\C=C/C)/C(=C/CC)Nc1ccc(-c2ccc3ccccc3n2)cc1C. The molecule has 2 aromatic carbocycles. The van der Waals surface area contributed by atoms with Gasteiger partial charge in [-0.25, -0.2) is 4.98 Å². The van der Waals surface area contributed by atoms with E-state index >= 15 is 0 Å². The number of nitrogens with one attached hydrogen (secondary N) is 1. The molecule has 3 aromatic rings. The van der Waals surface area contributed by atoms with Crippen LogP contribution in [-0.4, -0.2) is 4.98 Å². The van der Waals surface area contributed by atoms with Crippen LogP contribution in [0, 0.1) is 6.92 Å². The van der Waals surface area contributed by atoms with Crippen LogP contribution in [-0.2, 0) is 0 Å². The molecule has 0 aliphatic rings. The Bertz CT molecular complexity index is 1100. The molecule has 146 valence electrons. The summed E-state index contributed by atoms with van der Waals surface area (Å²) in [7, 11) is 0. The Labute approximate surface area is 174 Å². The minimum Gasteiger partial charge on any atom is -0.355 e. The largest absolute Gasteiger partial charge is 0.355 e. The van der Waals surface area contributed by atoms with Crippen LogP contribution in [0.15, 0.2) is 103 Å². The van der Waals surface area contributed by atoms with Crippen molar-refractivity contribution < 1.29 is 0 Å². The highest BCUT2D eigenvalue weighted by Gasteiger charge is 2.07. The minimum atomic E-state index is 0.941. The second-order valence-electron chi connectivity index (χ2n) is 6.98. The molecule has 0 unspecified atom stereocenters. The summed E-state index contributed by atoms with van der Waals surface area (Å²) in [4.78, 5) is 4.82. The predicted octanol–water partition coefficient (Wildman–Crippen LogP) is 7.60. The van der Waals surface area contributed by atoms with Crippen molar-refractivity contribution in [2.45, 2.75) is 27.2 Å². The number of rotatable bonds is 7. The number of aromatic nitrogens is 1. The summed E-state index contributed by atoms with van der Waals surface area (Å²) in [5, 5.41) is 4.71. The van der Waals surface area contributed by atoms with Gasteiger partial charge >= 0.3 is 0 Å². The van der Waals surface area contributed by atoms with Gasteiger partial charge in [-0.05, 0) is 55.7 Å². The first-order valence-corrected chi connectivity index (χ1v) is 10.0. The Kier molecular flexibility index (Phi) is 6.80. The highest BCUT2D eigenvalue weighted by Crippen LogP contribution is 2.27. The lowest BCUT2D eigenvalue weighted by Gasteiger charge is -2.15. The Morgan fingerprint density at radius 2 is 1.90 bits per heavy atom. The van der Waals surface area contributed by atoms with Gasteiger partial charge < -0.3 is 5.32 Å². The molecule has 29 heavy (non-hydrogen) atoms. The third-order valence-corrected chi connectivity index (χ3v) is 4.75. The Balaban J connectivity index is 1.85. The summed E-state index contributed by atoms with van der Waals surface area (Å²) < 4.78 is 0. The number of hydrogen-bond acceptors (Lipinski definition) is 2. The molecule has 0 fully saturated rings. The van der Waals surface area contributed by atoms with Gasteiger partial charge in [0.05, 0.1) is 11.2 Å². The van der Waals surface area contributed by atoms with Crippen molar-refractivity contribution >= 4 is 16.6 Å². The maximum absolute atomic E-state index is 4.82. The average molecular weight is 381 g/mol. The van der Waals surface area contributed by atoms with E-state index in [1.165, 1.54) is 5.56 Å². The summed E-state index contributed by atoms with van der Waals surface area (Å²) in [6, 6.07) is 18.8. The van der Waals surface area contributed by atoms with E-state index in [2.05, 4.69) is 74.3 Å². The molecule has 0 radical (unpaired) electrons. The van der Waals surface area contributed by atoms with Crippen LogP contribution in [0.25, 0.3) is 22.2 Å². The Morgan fingerprint density at radius 3 is 2.66 bits per heavy atom. The normalized spacial score (nSPS) is 12.2. The van der Waals surface area contributed by atoms with E-state index in [0.29, 0.717) is 0 Å². The number of fused-ring (bicyclic) bond motifs is 1. The van der Waals surface area contributed by atoms with Crippen molar-refractivity contribution in [3.05, 3.63) is 108 Å². The van der Waals surface area contributed by atoms with Gasteiger partial charge in [-0.15, -0.1) is 0 Å². The fourth-order valence-corrected chi connectivity index (χ4v) is 3.17. The third-order valence-electron chi connectivity index (χ3n) is 4.75. The predicted molar refractivity (Wildman–Crippen MR) is 127 cm³/mol. The quantitative estimate of drug-likeness (QED) is 0.427. The molecular formula is C27H28N2. The highest BCUT2D eigenvalue weighted by molar-refractivity contribution is 5.81. The summed E-state index contributed by atoms with van der Waals surface area (Å²) >= 11 is 0. The van der Waals surface area contributed by atoms with E-state index < -0.39 is 0 Å². The molecule has 2 nitrogen and oxygen atoms in total. The number of hydrogen-bond donors (Lipinski definition) is 1. The molecule has 0 saturated heterocycles. The van der Waals surface area contributed by atoms with Crippen molar-refractivity contribution in [2.24, 2.45) is 0 Å². The molecule has 1 aromatic heterocycles. The minimum absolute atomic E-state index is 0.941. The zero-order valence-electron chi connectivity index (χ0n) is 17.4. The van der Waals surface area contributed by atoms with E-state index in [1.54, 1.807) is 0 Å². The molecule has 2 heteroatoms. The molecule has 0 amide bonds. The van der Waals surface area contributed by atoms with Gasteiger partial charge in [0.25, 0.3) is 0 Å². The first-order valence-electron chi connectivity index (χ1n) is 10.0. The van der Waals surface area contributed by atoms with Crippen molar-refractivity contribution in [2.75, 3.05) is 5.32 Å². The van der Waals surface area contributed by atoms with E-state index in [1.807, 2.05) is 43.4 Å². The third kappa shape index (κ3) is 5.11. The number of benzene rings is 2. The summed E-state index contributed by atoms with van der Waals surface area (Å²) in [5.41, 5.74) is 7.37. The van der Waals surface area contributed by atoms with Crippen LogP contribution < -0.4 is 5.32 Å². The van der Waals surface area contributed by atoms with E-state index in [-0.39, 0.29) is 0 Å². The van der Waals surface area contributed by atoms with Gasteiger partial charge in [-0.2, -0.15) is 0 Å². The van der Waals surface area contributed by atoms with Crippen LogP contribution in [0.4, 0.5) is 5.69 Å². The molecule has 0 bridgehead atoms. The number of anilines is 1. The fraction of sp³-hybridized carbons (Fsp3) is 0.148. The average Bonchev–Trinajstić information content (AvgIpc) is 2.74. The molecule has 0 saturated carbocycles. The highest BCUT2D eigenvalue weighted by atomic mass is 14.9. The number of nitrogens with zero attached hydrogens (tertiary/aromatic N) is 1. The van der Waals surface area contributed by atoms with Crippen LogP contribution >= 0.6 is 0 Å². The Morgan fingerprint density at radius 1 is 1.07 bits per heavy atom. The van der Waals surface area contributed by atoms with Crippen molar-refractivity contribution in [1.82, 2.24) is 4.98 Å².